The monoisotopic (exact) mass is 481 g/mol. The van der Waals surface area contributed by atoms with Crippen LogP contribution in [0.4, 0.5) is 5.13 Å². The third-order valence-corrected chi connectivity index (χ3v) is 6.44. The number of amides is 1. The van der Waals surface area contributed by atoms with Crippen LogP contribution >= 0.6 is 11.3 Å². The number of benzene rings is 1. The quantitative estimate of drug-likeness (QED) is 0.503. The van der Waals surface area contributed by atoms with Crippen LogP contribution < -0.4 is 5.32 Å². The second-order valence-corrected chi connectivity index (χ2v) is 8.95. The Morgan fingerprint density at radius 1 is 1.03 bits per heavy atom. The summed E-state index contributed by atoms with van der Waals surface area (Å²) in [5, 5.41) is 5.38. The molecule has 1 aromatic carbocycles. The Balaban J connectivity index is 1.45. The van der Waals surface area contributed by atoms with E-state index in [0.29, 0.717) is 23.0 Å². The third kappa shape index (κ3) is 5.77. The number of nitrogens with zero attached hydrogens (tertiary/aromatic N) is 2. The number of pyridine rings is 1. The maximum atomic E-state index is 13.2. The summed E-state index contributed by atoms with van der Waals surface area (Å²) >= 11 is 1.19. The molecule has 8 nitrogen and oxygen atoms in total. The van der Waals surface area contributed by atoms with Crippen molar-refractivity contribution in [1.29, 1.82) is 0 Å². The van der Waals surface area contributed by atoms with Gasteiger partial charge in [-0.05, 0) is 44.2 Å². The molecule has 9 heteroatoms. The summed E-state index contributed by atoms with van der Waals surface area (Å²) in [4.78, 5) is 46.2. The van der Waals surface area contributed by atoms with Crippen molar-refractivity contribution < 1.29 is 23.9 Å². The van der Waals surface area contributed by atoms with Crippen LogP contribution in [0.15, 0.2) is 29.6 Å². The number of hydrogen-bond donors (Lipinski definition) is 1. The fraction of sp³-hybridized carbons (Fsp3) is 0.400. The number of carbonyl (C=O) groups is 3. The second-order valence-electron chi connectivity index (χ2n) is 8.09. The summed E-state index contributed by atoms with van der Waals surface area (Å²) in [5.74, 6) is -1.39. The standard InChI is InChI=1S/C25H27N3O5S/c1-2-32-22(30)13-16-15-34-25(26-16)28-21(29)14-33-24(31)23-17-9-5-3-4-6-11-19(17)27-20-12-8-7-10-18(20)23/h7-8,10,12,15H,2-6,9,11,13-14H2,1H3,(H,26,28,29). The Hall–Kier alpha value is -3.33. The summed E-state index contributed by atoms with van der Waals surface area (Å²) in [6.45, 7) is 1.60. The smallest absolute Gasteiger partial charge is 0.339 e. The van der Waals surface area contributed by atoms with Crippen LogP contribution in [0.25, 0.3) is 10.9 Å². The molecule has 0 aliphatic heterocycles. The number of esters is 2. The number of aromatic nitrogens is 2. The Labute approximate surface area is 201 Å². The zero-order valence-corrected chi connectivity index (χ0v) is 19.9. The molecule has 4 rings (SSSR count). The second kappa shape index (κ2) is 11.2. The number of fused-ring (bicyclic) bond motifs is 2. The van der Waals surface area contributed by atoms with Gasteiger partial charge in [0.15, 0.2) is 11.7 Å². The topological polar surface area (TPSA) is 107 Å². The van der Waals surface area contributed by atoms with Crippen LogP contribution in [0.5, 0.6) is 0 Å². The van der Waals surface area contributed by atoms with Crippen LogP contribution in [0.1, 0.15) is 59.9 Å². The van der Waals surface area contributed by atoms with Gasteiger partial charge in [0, 0.05) is 16.5 Å². The van der Waals surface area contributed by atoms with Gasteiger partial charge in [0.05, 0.1) is 29.8 Å². The average molecular weight is 482 g/mol. The molecule has 2 heterocycles. The summed E-state index contributed by atoms with van der Waals surface area (Å²) in [7, 11) is 0. The lowest BCUT2D eigenvalue weighted by Gasteiger charge is -2.18. The van der Waals surface area contributed by atoms with E-state index in [1.54, 1.807) is 12.3 Å². The molecule has 0 saturated heterocycles. The molecule has 34 heavy (non-hydrogen) atoms. The first-order valence-electron chi connectivity index (χ1n) is 11.5. The minimum absolute atomic E-state index is 0.0371. The van der Waals surface area contributed by atoms with E-state index in [4.69, 9.17) is 14.5 Å². The lowest BCUT2D eigenvalue weighted by Crippen LogP contribution is -2.22. The fourth-order valence-electron chi connectivity index (χ4n) is 4.12. The molecule has 0 saturated carbocycles. The van der Waals surface area contributed by atoms with E-state index in [1.165, 1.54) is 11.3 Å². The first-order chi connectivity index (χ1) is 16.5. The van der Waals surface area contributed by atoms with E-state index in [-0.39, 0.29) is 12.4 Å². The number of para-hydroxylation sites is 1. The Bertz CT molecular complexity index is 1210. The summed E-state index contributed by atoms with van der Waals surface area (Å²) in [6, 6.07) is 7.55. The molecule has 0 radical (unpaired) electrons. The molecule has 0 fully saturated rings. The Morgan fingerprint density at radius 3 is 2.65 bits per heavy atom. The molecule has 1 aliphatic carbocycles. The third-order valence-electron chi connectivity index (χ3n) is 5.64. The molecular formula is C25H27N3O5S. The number of thiazole rings is 1. The zero-order valence-electron chi connectivity index (χ0n) is 19.1. The summed E-state index contributed by atoms with van der Waals surface area (Å²) in [5.41, 5.74) is 3.67. The lowest BCUT2D eigenvalue weighted by atomic mass is 9.91. The first kappa shape index (κ1) is 23.8. The van der Waals surface area contributed by atoms with Crippen molar-refractivity contribution in [3.63, 3.8) is 0 Å². The van der Waals surface area contributed by atoms with E-state index in [9.17, 15) is 14.4 Å². The maximum absolute atomic E-state index is 13.2. The average Bonchev–Trinajstić information content (AvgIpc) is 3.23. The predicted octanol–water partition coefficient (Wildman–Crippen LogP) is 4.25. The van der Waals surface area contributed by atoms with Crippen molar-refractivity contribution in [2.24, 2.45) is 0 Å². The lowest BCUT2D eigenvalue weighted by molar-refractivity contribution is -0.142. The predicted molar refractivity (Wildman–Crippen MR) is 129 cm³/mol. The molecule has 178 valence electrons. The Morgan fingerprint density at radius 2 is 1.82 bits per heavy atom. The van der Waals surface area contributed by atoms with Crippen molar-refractivity contribution in [1.82, 2.24) is 9.97 Å². The molecule has 0 spiro atoms. The molecule has 0 unspecified atom stereocenters. The van der Waals surface area contributed by atoms with E-state index < -0.39 is 18.5 Å². The molecular weight excluding hydrogens is 454 g/mol. The van der Waals surface area contributed by atoms with Gasteiger partial charge in [-0.15, -0.1) is 11.3 Å². The van der Waals surface area contributed by atoms with Gasteiger partial charge in [-0.1, -0.05) is 31.0 Å². The van der Waals surface area contributed by atoms with E-state index in [0.717, 1.165) is 60.7 Å². The normalized spacial score (nSPS) is 13.4. The minimum atomic E-state index is -0.521. The molecule has 3 aromatic rings. The van der Waals surface area contributed by atoms with Gasteiger partial charge in [0.25, 0.3) is 5.91 Å². The molecule has 1 amide bonds. The zero-order chi connectivity index (χ0) is 23.9. The number of rotatable bonds is 7. The summed E-state index contributed by atoms with van der Waals surface area (Å²) < 4.78 is 10.3. The maximum Gasteiger partial charge on any atom is 0.339 e. The van der Waals surface area contributed by atoms with Gasteiger partial charge in [0.1, 0.15) is 0 Å². The van der Waals surface area contributed by atoms with Crippen LogP contribution in [0, 0.1) is 0 Å². The van der Waals surface area contributed by atoms with Crippen molar-refractivity contribution >= 4 is 45.2 Å². The molecule has 0 atom stereocenters. The molecule has 2 aromatic heterocycles. The minimum Gasteiger partial charge on any atom is -0.466 e. The van der Waals surface area contributed by atoms with E-state index in [1.807, 2.05) is 24.3 Å². The van der Waals surface area contributed by atoms with Crippen molar-refractivity contribution in [2.75, 3.05) is 18.5 Å². The fourth-order valence-corrected chi connectivity index (χ4v) is 4.85. The van der Waals surface area contributed by atoms with Gasteiger partial charge in [-0.2, -0.15) is 0 Å². The van der Waals surface area contributed by atoms with E-state index in [2.05, 4.69) is 10.3 Å². The van der Waals surface area contributed by atoms with Gasteiger partial charge < -0.3 is 9.47 Å². The van der Waals surface area contributed by atoms with Crippen LogP contribution in [-0.2, 0) is 38.3 Å². The van der Waals surface area contributed by atoms with Gasteiger partial charge in [-0.25, -0.2) is 9.78 Å². The number of hydrogen-bond acceptors (Lipinski definition) is 8. The number of anilines is 1. The number of aryl methyl sites for hydroxylation is 1. The van der Waals surface area contributed by atoms with Gasteiger partial charge in [0.2, 0.25) is 0 Å². The number of nitrogens with one attached hydrogen (secondary N) is 1. The number of ether oxygens (including phenoxy) is 2. The van der Waals surface area contributed by atoms with Crippen LogP contribution in [0.3, 0.4) is 0 Å². The van der Waals surface area contributed by atoms with Crippen molar-refractivity contribution in [2.45, 2.75) is 51.9 Å². The van der Waals surface area contributed by atoms with Gasteiger partial charge >= 0.3 is 11.9 Å². The molecule has 1 aliphatic rings. The highest BCUT2D eigenvalue weighted by Crippen LogP contribution is 2.29. The summed E-state index contributed by atoms with van der Waals surface area (Å²) in [6.07, 6.45) is 5.95. The Kier molecular flexibility index (Phi) is 7.84. The van der Waals surface area contributed by atoms with E-state index >= 15 is 0 Å². The number of carbonyl (C=O) groups excluding carboxylic acids is 3. The van der Waals surface area contributed by atoms with Gasteiger partial charge in [-0.3, -0.25) is 19.9 Å². The van der Waals surface area contributed by atoms with Crippen molar-refractivity contribution in [3.8, 4) is 0 Å². The molecule has 1 N–H and O–H groups in total. The van der Waals surface area contributed by atoms with Crippen molar-refractivity contribution in [3.05, 3.63) is 52.2 Å². The molecule has 0 bridgehead atoms. The highest BCUT2D eigenvalue weighted by Gasteiger charge is 2.23. The first-order valence-corrected chi connectivity index (χ1v) is 12.4. The largest absolute Gasteiger partial charge is 0.466 e. The van der Waals surface area contributed by atoms with Crippen LogP contribution in [0.2, 0.25) is 0 Å². The van der Waals surface area contributed by atoms with Crippen LogP contribution in [-0.4, -0.2) is 41.0 Å². The highest BCUT2D eigenvalue weighted by molar-refractivity contribution is 7.13. The highest BCUT2D eigenvalue weighted by atomic mass is 32.1. The SMILES string of the molecule is CCOC(=O)Cc1csc(NC(=O)COC(=O)c2c3c(nc4ccccc24)CCCCCC3)n1.